The third-order valence-electron chi connectivity index (χ3n) is 3.37. The molecule has 0 unspecified atom stereocenters. The van der Waals surface area contributed by atoms with Crippen LogP contribution in [-0.2, 0) is 4.79 Å². The molecule has 23 heavy (non-hydrogen) atoms. The number of aromatic carboxylic acids is 1. The minimum atomic E-state index is -4.48. The van der Waals surface area contributed by atoms with Crippen LogP contribution in [0.1, 0.15) is 27.1 Å². The largest absolute Gasteiger partial charge is 0.478 e. The normalized spacial score (nSPS) is 18.1. The van der Waals surface area contributed by atoms with Crippen molar-refractivity contribution in [2.24, 2.45) is 0 Å². The Morgan fingerprint density at radius 2 is 1.78 bits per heavy atom. The minimum absolute atomic E-state index is 0.00477. The highest BCUT2D eigenvalue weighted by molar-refractivity contribution is 5.99. The number of carboxylic acids is 1. The van der Waals surface area contributed by atoms with Crippen molar-refractivity contribution >= 4 is 17.8 Å². The number of alkyl halides is 3. The van der Waals surface area contributed by atoms with Gasteiger partial charge < -0.3 is 15.3 Å². The second-order valence-corrected chi connectivity index (χ2v) is 5.07. The number of carbonyl (C=O) groups excluding carboxylic acids is 2. The van der Waals surface area contributed by atoms with E-state index in [-0.39, 0.29) is 24.1 Å². The van der Waals surface area contributed by atoms with Crippen LogP contribution in [0.5, 0.6) is 0 Å². The van der Waals surface area contributed by atoms with Crippen molar-refractivity contribution in [3.63, 3.8) is 0 Å². The molecule has 0 aromatic heterocycles. The number of hydrogen-bond acceptors (Lipinski definition) is 3. The van der Waals surface area contributed by atoms with Crippen LogP contribution in [0, 0.1) is 0 Å². The monoisotopic (exact) mass is 330 g/mol. The van der Waals surface area contributed by atoms with Crippen molar-refractivity contribution in [1.29, 1.82) is 0 Å². The van der Waals surface area contributed by atoms with E-state index in [1.807, 2.05) is 0 Å². The summed E-state index contributed by atoms with van der Waals surface area (Å²) in [5, 5.41) is 11.1. The van der Waals surface area contributed by atoms with Gasteiger partial charge in [-0.25, -0.2) is 4.79 Å². The van der Waals surface area contributed by atoms with Crippen LogP contribution in [0.4, 0.5) is 13.2 Å². The van der Waals surface area contributed by atoms with Crippen LogP contribution in [0.3, 0.4) is 0 Å². The van der Waals surface area contributed by atoms with Crippen LogP contribution in [0.15, 0.2) is 24.3 Å². The van der Waals surface area contributed by atoms with E-state index in [2.05, 4.69) is 5.32 Å². The summed E-state index contributed by atoms with van der Waals surface area (Å²) in [5.41, 5.74) is 0.118. The number of nitrogens with zero attached hydrogens (tertiary/aromatic N) is 1. The molecule has 124 valence electrons. The lowest BCUT2D eigenvalue weighted by atomic mass is 10.1. The summed E-state index contributed by atoms with van der Waals surface area (Å²) in [5.74, 6) is -2.57. The third-order valence-corrected chi connectivity index (χ3v) is 3.37. The van der Waals surface area contributed by atoms with Crippen molar-refractivity contribution < 1.29 is 32.7 Å². The lowest BCUT2D eigenvalue weighted by Gasteiger charge is -2.18. The molecule has 1 fully saturated rings. The zero-order chi connectivity index (χ0) is 17.2. The van der Waals surface area contributed by atoms with E-state index in [9.17, 15) is 27.6 Å². The van der Waals surface area contributed by atoms with Crippen molar-refractivity contribution in [1.82, 2.24) is 10.2 Å². The van der Waals surface area contributed by atoms with E-state index in [4.69, 9.17) is 5.11 Å². The molecule has 0 bridgehead atoms. The Labute approximate surface area is 128 Å². The van der Waals surface area contributed by atoms with Gasteiger partial charge in [-0.15, -0.1) is 0 Å². The average molecular weight is 330 g/mol. The van der Waals surface area contributed by atoms with Gasteiger partial charge in [0.15, 0.2) is 0 Å². The maximum Gasteiger partial charge on any atom is 0.406 e. The molecule has 1 atom stereocenters. The molecular formula is C14H13F3N2O4. The Morgan fingerprint density at radius 3 is 2.30 bits per heavy atom. The molecule has 0 spiro atoms. The molecule has 1 aliphatic rings. The quantitative estimate of drug-likeness (QED) is 0.871. The molecule has 2 amide bonds. The van der Waals surface area contributed by atoms with Crippen LogP contribution in [0.25, 0.3) is 0 Å². The summed E-state index contributed by atoms with van der Waals surface area (Å²) in [4.78, 5) is 35.2. The number of carbonyl (C=O) groups is 3. The van der Waals surface area contributed by atoms with Crippen LogP contribution in [-0.4, -0.2) is 53.1 Å². The topological polar surface area (TPSA) is 86.7 Å². The molecule has 0 saturated carbocycles. The number of carboxylic acid groups (broad SMARTS) is 1. The molecule has 9 heteroatoms. The van der Waals surface area contributed by atoms with E-state index < -0.39 is 36.5 Å². The number of nitrogens with one attached hydrogen (secondary N) is 1. The van der Waals surface area contributed by atoms with Crippen molar-refractivity contribution in [2.45, 2.75) is 18.6 Å². The first-order valence-corrected chi connectivity index (χ1v) is 6.67. The van der Waals surface area contributed by atoms with Gasteiger partial charge in [0.1, 0.15) is 12.6 Å². The number of rotatable bonds is 4. The van der Waals surface area contributed by atoms with Gasteiger partial charge in [-0.05, 0) is 30.7 Å². The molecule has 2 N–H and O–H groups in total. The minimum Gasteiger partial charge on any atom is -0.478 e. The smallest absolute Gasteiger partial charge is 0.406 e. The van der Waals surface area contributed by atoms with E-state index in [0.717, 1.165) is 0 Å². The van der Waals surface area contributed by atoms with Crippen LogP contribution in [0.2, 0.25) is 0 Å². The second kappa shape index (κ2) is 6.27. The van der Waals surface area contributed by atoms with Crippen LogP contribution >= 0.6 is 0 Å². The van der Waals surface area contributed by atoms with Gasteiger partial charge in [0.2, 0.25) is 5.91 Å². The average Bonchev–Trinajstić information content (AvgIpc) is 2.78. The molecule has 1 saturated heterocycles. The molecule has 1 aliphatic heterocycles. The number of likely N-dealkylation sites (tertiary alicyclic amines) is 1. The molecule has 1 heterocycles. The van der Waals surface area contributed by atoms with Gasteiger partial charge in [0.05, 0.1) is 5.56 Å². The van der Waals surface area contributed by atoms with Crippen molar-refractivity contribution in [3.05, 3.63) is 35.4 Å². The zero-order valence-corrected chi connectivity index (χ0v) is 11.8. The molecule has 0 aliphatic carbocycles. The number of hydrogen-bond donors (Lipinski definition) is 2. The fourth-order valence-corrected chi connectivity index (χ4v) is 2.25. The van der Waals surface area contributed by atoms with E-state index in [0.29, 0.717) is 4.90 Å². The first kappa shape index (κ1) is 16.8. The Balaban J connectivity index is 1.98. The third kappa shape index (κ3) is 4.21. The summed E-state index contributed by atoms with van der Waals surface area (Å²) < 4.78 is 36.9. The number of amides is 2. The lowest BCUT2D eigenvalue weighted by molar-refractivity contribution is -0.157. The number of benzene rings is 1. The van der Waals surface area contributed by atoms with Gasteiger partial charge >= 0.3 is 12.1 Å². The Morgan fingerprint density at radius 1 is 1.22 bits per heavy atom. The van der Waals surface area contributed by atoms with E-state index >= 15 is 0 Å². The molecular weight excluding hydrogens is 317 g/mol. The maximum absolute atomic E-state index is 12.3. The Hall–Kier alpha value is -2.58. The summed E-state index contributed by atoms with van der Waals surface area (Å²) >= 11 is 0. The van der Waals surface area contributed by atoms with Gasteiger partial charge in [-0.1, -0.05) is 0 Å². The highest BCUT2D eigenvalue weighted by Gasteiger charge is 2.39. The van der Waals surface area contributed by atoms with Crippen molar-refractivity contribution in [2.75, 3.05) is 13.1 Å². The predicted molar refractivity (Wildman–Crippen MR) is 71.9 cm³/mol. The summed E-state index contributed by atoms with van der Waals surface area (Å²) in [6.07, 6.45) is -4.39. The lowest BCUT2D eigenvalue weighted by Crippen LogP contribution is -2.43. The van der Waals surface area contributed by atoms with Gasteiger partial charge in [0.25, 0.3) is 5.91 Å². The Bertz CT molecular complexity index is 628. The fourth-order valence-electron chi connectivity index (χ4n) is 2.25. The number of halogens is 3. The highest BCUT2D eigenvalue weighted by atomic mass is 19.4. The predicted octanol–water partition coefficient (Wildman–Crippen LogP) is 1.28. The van der Waals surface area contributed by atoms with E-state index in [1.54, 1.807) is 0 Å². The SMILES string of the molecule is O=C(O)c1ccc(C(=O)N[C@H]2CCN(CC(F)(F)F)C2=O)cc1. The van der Waals surface area contributed by atoms with Gasteiger partial charge in [-0.2, -0.15) is 13.2 Å². The molecule has 1 aromatic carbocycles. The van der Waals surface area contributed by atoms with Gasteiger partial charge in [-0.3, -0.25) is 9.59 Å². The summed E-state index contributed by atoms with van der Waals surface area (Å²) in [6.45, 7) is -1.42. The first-order chi connectivity index (χ1) is 10.7. The second-order valence-electron chi connectivity index (χ2n) is 5.07. The van der Waals surface area contributed by atoms with Crippen molar-refractivity contribution in [3.8, 4) is 0 Å². The zero-order valence-electron chi connectivity index (χ0n) is 11.8. The standard InChI is InChI=1S/C14H13F3N2O4/c15-14(16,17)7-19-6-5-10(12(19)21)18-11(20)8-1-3-9(4-2-8)13(22)23/h1-4,10H,5-7H2,(H,18,20)(H,22,23)/t10-/m0/s1. The van der Waals surface area contributed by atoms with Gasteiger partial charge in [0, 0.05) is 12.1 Å². The fraction of sp³-hybridized carbons (Fsp3) is 0.357. The maximum atomic E-state index is 12.3. The summed E-state index contributed by atoms with van der Waals surface area (Å²) in [7, 11) is 0. The first-order valence-electron chi connectivity index (χ1n) is 6.67. The molecule has 1 aromatic rings. The van der Waals surface area contributed by atoms with E-state index in [1.165, 1.54) is 24.3 Å². The highest BCUT2D eigenvalue weighted by Crippen LogP contribution is 2.21. The molecule has 2 rings (SSSR count). The Kier molecular flexibility index (Phi) is 4.57. The summed E-state index contributed by atoms with van der Waals surface area (Å²) in [6, 6.07) is 3.98. The van der Waals surface area contributed by atoms with Crippen LogP contribution < -0.4 is 5.32 Å². The molecule has 0 radical (unpaired) electrons. The molecule has 6 nitrogen and oxygen atoms in total.